The van der Waals surface area contributed by atoms with Gasteiger partial charge < -0.3 is 19.5 Å². The molecule has 1 aromatic rings. The number of hydrogen-bond acceptors (Lipinski definition) is 7. The molecule has 30 heavy (non-hydrogen) atoms. The van der Waals surface area contributed by atoms with E-state index >= 15 is 0 Å². The third kappa shape index (κ3) is 8.50. The van der Waals surface area contributed by atoms with Gasteiger partial charge in [0, 0.05) is 5.69 Å². The maximum absolute atomic E-state index is 12.2. The highest BCUT2D eigenvalue weighted by atomic mass is 16.6. The summed E-state index contributed by atoms with van der Waals surface area (Å²) in [7, 11) is 1.24. The molecule has 0 aromatic heterocycles. The molecule has 2 amide bonds. The number of esters is 2. The summed E-state index contributed by atoms with van der Waals surface area (Å²) in [6, 6.07) is 5.20. The minimum absolute atomic E-state index is 0.141. The number of nitrogens with one attached hydrogen (secondary N) is 2. The Labute approximate surface area is 176 Å². The van der Waals surface area contributed by atoms with E-state index in [1.165, 1.54) is 19.2 Å². The van der Waals surface area contributed by atoms with Crippen molar-refractivity contribution in [2.75, 3.05) is 19.0 Å². The van der Waals surface area contributed by atoms with E-state index in [2.05, 4.69) is 10.6 Å². The smallest absolute Gasteiger partial charge is 0.412 e. The summed E-state index contributed by atoms with van der Waals surface area (Å²) in [6.45, 7) is 8.32. The number of rotatable bonds is 8. The molecule has 9 heteroatoms. The second-order valence-corrected chi connectivity index (χ2v) is 7.74. The molecule has 0 fully saturated rings. The van der Waals surface area contributed by atoms with Crippen LogP contribution in [0.25, 0.3) is 0 Å². The van der Waals surface area contributed by atoms with Crippen LogP contribution in [-0.2, 0) is 23.8 Å². The van der Waals surface area contributed by atoms with Crippen LogP contribution in [0.2, 0.25) is 0 Å². The van der Waals surface area contributed by atoms with Gasteiger partial charge in [-0.05, 0) is 44.9 Å². The van der Waals surface area contributed by atoms with Crippen LogP contribution in [0.1, 0.15) is 51.4 Å². The zero-order chi connectivity index (χ0) is 22.9. The average Bonchev–Trinajstić information content (AvgIpc) is 2.67. The van der Waals surface area contributed by atoms with Gasteiger partial charge in [0.25, 0.3) is 5.91 Å². The molecular weight excluding hydrogens is 392 g/mol. The van der Waals surface area contributed by atoms with E-state index in [-0.39, 0.29) is 11.5 Å². The molecule has 0 radical (unpaired) electrons. The van der Waals surface area contributed by atoms with Crippen molar-refractivity contribution in [3.8, 4) is 0 Å². The van der Waals surface area contributed by atoms with Crippen molar-refractivity contribution in [2.45, 2.75) is 52.7 Å². The molecule has 0 bridgehead atoms. The fourth-order valence-corrected chi connectivity index (χ4v) is 2.37. The van der Waals surface area contributed by atoms with Gasteiger partial charge in [0.2, 0.25) is 0 Å². The minimum atomic E-state index is -0.826. The Morgan fingerprint density at radius 3 is 2.37 bits per heavy atom. The van der Waals surface area contributed by atoms with Gasteiger partial charge in [-0.2, -0.15) is 0 Å². The fraction of sp³-hybridized carbons (Fsp3) is 0.524. The number of carbonyl (C=O) groups excluding carboxylic acids is 4. The highest BCUT2D eigenvalue weighted by Gasteiger charge is 2.27. The lowest BCUT2D eigenvalue weighted by Crippen LogP contribution is -2.47. The van der Waals surface area contributed by atoms with Crippen LogP contribution in [0.4, 0.5) is 10.5 Å². The highest BCUT2D eigenvalue weighted by molar-refractivity contribution is 5.94. The van der Waals surface area contributed by atoms with Gasteiger partial charge in [0.15, 0.2) is 6.61 Å². The normalized spacial score (nSPS) is 12.9. The van der Waals surface area contributed by atoms with E-state index in [0.29, 0.717) is 12.1 Å². The lowest BCUT2D eigenvalue weighted by atomic mass is 9.99. The van der Waals surface area contributed by atoms with Crippen molar-refractivity contribution < 1.29 is 33.4 Å². The maximum atomic E-state index is 12.2. The van der Waals surface area contributed by atoms with Gasteiger partial charge in [-0.25, -0.2) is 14.4 Å². The lowest BCUT2D eigenvalue weighted by Gasteiger charge is -2.21. The van der Waals surface area contributed by atoms with Crippen molar-refractivity contribution >= 4 is 29.6 Å². The van der Waals surface area contributed by atoms with E-state index in [1.54, 1.807) is 39.8 Å². The first-order valence-electron chi connectivity index (χ1n) is 9.61. The van der Waals surface area contributed by atoms with Crippen molar-refractivity contribution in [3.63, 3.8) is 0 Å². The zero-order valence-electron chi connectivity index (χ0n) is 18.2. The van der Waals surface area contributed by atoms with Gasteiger partial charge in [0.1, 0.15) is 11.6 Å². The van der Waals surface area contributed by atoms with E-state index in [0.717, 1.165) is 0 Å². The Balaban J connectivity index is 2.67. The summed E-state index contributed by atoms with van der Waals surface area (Å²) >= 11 is 0. The summed E-state index contributed by atoms with van der Waals surface area (Å²) in [6.07, 6.45) is -0.0108. The van der Waals surface area contributed by atoms with Crippen LogP contribution in [0, 0.1) is 5.92 Å². The van der Waals surface area contributed by atoms with Gasteiger partial charge in [-0.15, -0.1) is 0 Å². The molecule has 0 spiro atoms. The molecule has 2 N–H and O–H groups in total. The first-order chi connectivity index (χ1) is 14.0. The SMILES string of the molecule is CC[C@@H](C)[C@H](NC(=O)COC(=O)c1cccc(NC(=O)OC(C)(C)C)c1)C(=O)OC. The van der Waals surface area contributed by atoms with Crippen molar-refractivity contribution in [1.29, 1.82) is 0 Å². The molecule has 0 unspecified atom stereocenters. The Bertz CT molecular complexity index is 771. The number of amides is 2. The van der Waals surface area contributed by atoms with Crippen LogP contribution in [-0.4, -0.2) is 49.3 Å². The molecule has 2 atom stereocenters. The van der Waals surface area contributed by atoms with Crippen molar-refractivity contribution in [1.82, 2.24) is 5.32 Å². The topological polar surface area (TPSA) is 120 Å². The van der Waals surface area contributed by atoms with E-state index in [4.69, 9.17) is 14.2 Å². The first kappa shape index (κ1) is 24.9. The Morgan fingerprint density at radius 1 is 1.13 bits per heavy atom. The summed E-state index contributed by atoms with van der Waals surface area (Å²) in [5, 5.41) is 5.04. The van der Waals surface area contributed by atoms with Crippen LogP contribution < -0.4 is 10.6 Å². The maximum Gasteiger partial charge on any atom is 0.412 e. The quantitative estimate of drug-likeness (QED) is 0.488. The monoisotopic (exact) mass is 422 g/mol. The highest BCUT2D eigenvalue weighted by Crippen LogP contribution is 2.14. The van der Waals surface area contributed by atoms with Crippen LogP contribution >= 0.6 is 0 Å². The molecule has 166 valence electrons. The van der Waals surface area contributed by atoms with Crippen molar-refractivity contribution in [2.24, 2.45) is 5.92 Å². The number of anilines is 1. The van der Waals surface area contributed by atoms with E-state index in [9.17, 15) is 19.2 Å². The molecule has 0 aliphatic carbocycles. The Kier molecular flexibility index (Phi) is 9.29. The van der Waals surface area contributed by atoms with Crippen LogP contribution in [0.3, 0.4) is 0 Å². The molecule has 0 aliphatic rings. The molecule has 1 rings (SSSR count). The summed E-state index contributed by atoms with van der Waals surface area (Å²) in [5.41, 5.74) is -0.181. The second kappa shape index (κ2) is 11.2. The van der Waals surface area contributed by atoms with Gasteiger partial charge in [0.05, 0.1) is 12.7 Å². The largest absolute Gasteiger partial charge is 0.467 e. The van der Waals surface area contributed by atoms with Gasteiger partial charge in [-0.1, -0.05) is 26.3 Å². The molecule has 0 saturated heterocycles. The molecular formula is C21H30N2O7. The second-order valence-electron chi connectivity index (χ2n) is 7.74. The van der Waals surface area contributed by atoms with E-state index < -0.39 is 42.2 Å². The molecule has 0 saturated carbocycles. The molecule has 1 aromatic carbocycles. The number of ether oxygens (including phenoxy) is 3. The lowest BCUT2D eigenvalue weighted by molar-refractivity contribution is -0.147. The predicted molar refractivity (Wildman–Crippen MR) is 110 cm³/mol. The third-order valence-electron chi connectivity index (χ3n) is 4.06. The van der Waals surface area contributed by atoms with Gasteiger partial charge in [-0.3, -0.25) is 10.1 Å². The predicted octanol–water partition coefficient (Wildman–Crippen LogP) is 2.89. The van der Waals surface area contributed by atoms with Gasteiger partial charge >= 0.3 is 18.0 Å². The van der Waals surface area contributed by atoms with Crippen LogP contribution in [0.15, 0.2) is 24.3 Å². The van der Waals surface area contributed by atoms with Crippen LogP contribution in [0.5, 0.6) is 0 Å². The van der Waals surface area contributed by atoms with E-state index in [1.807, 2.05) is 6.92 Å². The molecule has 0 aliphatic heterocycles. The number of methoxy groups -OCH3 is 1. The number of carbonyl (C=O) groups is 4. The minimum Gasteiger partial charge on any atom is -0.467 e. The number of benzene rings is 1. The zero-order valence-corrected chi connectivity index (χ0v) is 18.2. The van der Waals surface area contributed by atoms with Crippen molar-refractivity contribution in [3.05, 3.63) is 29.8 Å². The third-order valence-corrected chi connectivity index (χ3v) is 4.06. The molecule has 9 nitrogen and oxygen atoms in total. The summed E-state index contributed by atoms with van der Waals surface area (Å²) in [5.74, 6) is -2.09. The summed E-state index contributed by atoms with van der Waals surface area (Å²) < 4.78 is 14.9. The standard InChI is InChI=1S/C21H30N2O7/c1-7-13(2)17(19(26)28-6)23-16(24)12-29-18(25)14-9-8-10-15(11-14)22-20(27)30-21(3,4)5/h8-11,13,17H,7,12H2,1-6H3,(H,22,27)(H,23,24)/t13-,17+/m1/s1. The Morgan fingerprint density at radius 2 is 1.80 bits per heavy atom. The Hall–Kier alpha value is -3.10. The number of hydrogen-bond donors (Lipinski definition) is 2. The first-order valence-corrected chi connectivity index (χ1v) is 9.61. The fourth-order valence-electron chi connectivity index (χ4n) is 2.37. The summed E-state index contributed by atoms with van der Waals surface area (Å²) in [4.78, 5) is 48.0. The average molecular weight is 422 g/mol. The molecule has 0 heterocycles.